The number of nitrogens with one attached hydrogen (secondary N) is 1. The zero-order valence-electron chi connectivity index (χ0n) is 17.0. The normalized spacial score (nSPS) is 11.3. The van der Waals surface area contributed by atoms with E-state index < -0.39 is 21.7 Å². The number of rotatable bonds is 11. The van der Waals surface area contributed by atoms with E-state index in [1.54, 1.807) is 11.8 Å². The predicted molar refractivity (Wildman–Crippen MR) is 118 cm³/mol. The van der Waals surface area contributed by atoms with E-state index in [1.807, 2.05) is 12.1 Å². The average molecular weight is 457 g/mol. The van der Waals surface area contributed by atoms with E-state index >= 15 is 0 Å². The third-order valence-corrected chi connectivity index (χ3v) is 6.65. The molecule has 0 aliphatic carbocycles. The van der Waals surface area contributed by atoms with Crippen LogP contribution in [0.2, 0.25) is 0 Å². The maximum atomic E-state index is 13.4. The largest absolute Gasteiger partial charge is 0.355 e. The molecule has 2 aromatic rings. The SMILES string of the molecule is Cc1ccccc1CSCCNC(=O)CCCN(c1ccc(F)c(F)c1)S(C)(=O)=O. The van der Waals surface area contributed by atoms with Crippen LogP contribution in [0.5, 0.6) is 0 Å². The Labute approximate surface area is 180 Å². The van der Waals surface area contributed by atoms with Gasteiger partial charge in [-0.1, -0.05) is 24.3 Å². The summed E-state index contributed by atoms with van der Waals surface area (Å²) in [7, 11) is -3.69. The minimum atomic E-state index is -3.69. The highest BCUT2D eigenvalue weighted by Gasteiger charge is 2.19. The fraction of sp³-hybridized carbons (Fsp3) is 0.381. The number of hydrogen-bond donors (Lipinski definition) is 1. The first-order valence-electron chi connectivity index (χ1n) is 9.50. The molecule has 5 nitrogen and oxygen atoms in total. The van der Waals surface area contributed by atoms with Crippen molar-refractivity contribution in [3.8, 4) is 0 Å². The van der Waals surface area contributed by atoms with Gasteiger partial charge in [0.2, 0.25) is 15.9 Å². The van der Waals surface area contributed by atoms with Crippen molar-refractivity contribution in [3.63, 3.8) is 0 Å². The summed E-state index contributed by atoms with van der Waals surface area (Å²) in [5, 5.41) is 2.82. The van der Waals surface area contributed by atoms with E-state index in [2.05, 4.69) is 24.4 Å². The third kappa shape index (κ3) is 7.60. The Morgan fingerprint density at radius 2 is 1.87 bits per heavy atom. The van der Waals surface area contributed by atoms with Crippen molar-refractivity contribution in [2.75, 3.05) is 29.4 Å². The molecule has 0 aliphatic rings. The Kier molecular flexibility index (Phi) is 9.10. The molecule has 0 fully saturated rings. The first-order chi connectivity index (χ1) is 14.2. The maximum absolute atomic E-state index is 13.4. The molecule has 0 saturated heterocycles. The molecule has 0 bridgehead atoms. The summed E-state index contributed by atoms with van der Waals surface area (Å²) in [5.41, 5.74) is 2.54. The number of carbonyl (C=O) groups is 1. The van der Waals surface area contributed by atoms with E-state index in [1.165, 1.54) is 17.2 Å². The van der Waals surface area contributed by atoms with E-state index in [-0.39, 0.29) is 31.0 Å². The van der Waals surface area contributed by atoms with Gasteiger partial charge in [0.25, 0.3) is 0 Å². The minimum Gasteiger partial charge on any atom is -0.355 e. The van der Waals surface area contributed by atoms with E-state index in [0.29, 0.717) is 6.54 Å². The number of sulfonamides is 1. The van der Waals surface area contributed by atoms with Crippen molar-refractivity contribution in [3.05, 3.63) is 65.2 Å². The van der Waals surface area contributed by atoms with Crippen molar-refractivity contribution < 1.29 is 22.0 Å². The lowest BCUT2D eigenvalue weighted by Gasteiger charge is -2.22. The van der Waals surface area contributed by atoms with Crippen molar-refractivity contribution in [2.45, 2.75) is 25.5 Å². The third-order valence-electron chi connectivity index (χ3n) is 4.44. The fourth-order valence-electron chi connectivity index (χ4n) is 2.81. The van der Waals surface area contributed by atoms with E-state index in [4.69, 9.17) is 0 Å². The molecular weight excluding hydrogens is 430 g/mol. The van der Waals surface area contributed by atoms with Crippen LogP contribution < -0.4 is 9.62 Å². The van der Waals surface area contributed by atoms with Crippen molar-refractivity contribution in [2.24, 2.45) is 0 Å². The maximum Gasteiger partial charge on any atom is 0.232 e. The van der Waals surface area contributed by atoms with Crippen LogP contribution in [-0.4, -0.2) is 39.4 Å². The monoisotopic (exact) mass is 456 g/mol. The molecule has 0 heterocycles. The van der Waals surface area contributed by atoms with Gasteiger partial charge in [0.1, 0.15) is 0 Å². The van der Waals surface area contributed by atoms with Crippen LogP contribution >= 0.6 is 11.8 Å². The summed E-state index contributed by atoms with van der Waals surface area (Å²) in [6.45, 7) is 2.59. The van der Waals surface area contributed by atoms with E-state index in [0.717, 1.165) is 34.2 Å². The molecule has 0 unspecified atom stereocenters. The number of halogens is 2. The van der Waals surface area contributed by atoms with Crippen LogP contribution in [0.1, 0.15) is 24.0 Å². The molecule has 0 aliphatic heterocycles. The molecule has 0 aromatic heterocycles. The molecule has 2 aromatic carbocycles. The minimum absolute atomic E-state index is 0.000635. The summed E-state index contributed by atoms with van der Waals surface area (Å²) >= 11 is 1.73. The zero-order chi connectivity index (χ0) is 22.1. The molecule has 1 N–H and O–H groups in total. The summed E-state index contributed by atoms with van der Waals surface area (Å²) < 4.78 is 51.5. The second-order valence-corrected chi connectivity index (χ2v) is 9.88. The highest BCUT2D eigenvalue weighted by atomic mass is 32.2. The lowest BCUT2D eigenvalue weighted by atomic mass is 10.1. The molecule has 0 atom stereocenters. The summed E-state index contributed by atoms with van der Waals surface area (Å²) in [4.78, 5) is 12.0. The number of aryl methyl sites for hydroxylation is 1. The predicted octanol–water partition coefficient (Wildman–Crippen LogP) is 3.87. The van der Waals surface area contributed by atoms with Crippen LogP contribution in [0.3, 0.4) is 0 Å². The second-order valence-electron chi connectivity index (χ2n) is 6.87. The quantitative estimate of drug-likeness (QED) is 0.522. The van der Waals surface area contributed by atoms with Crippen LogP contribution in [0.25, 0.3) is 0 Å². The molecule has 164 valence electrons. The molecule has 1 amide bonds. The first kappa shape index (κ1) is 24.1. The number of nitrogens with zero attached hydrogens (tertiary/aromatic N) is 1. The first-order valence-corrected chi connectivity index (χ1v) is 12.5. The number of anilines is 1. The average Bonchev–Trinajstić information content (AvgIpc) is 2.68. The Morgan fingerprint density at radius 1 is 1.13 bits per heavy atom. The summed E-state index contributed by atoms with van der Waals surface area (Å²) in [6.07, 6.45) is 1.38. The number of benzene rings is 2. The molecule has 9 heteroatoms. The van der Waals surface area contributed by atoms with Gasteiger partial charge >= 0.3 is 0 Å². The van der Waals surface area contributed by atoms with Crippen LogP contribution in [0.4, 0.5) is 14.5 Å². The Hall–Kier alpha value is -2.13. The highest BCUT2D eigenvalue weighted by Crippen LogP contribution is 2.21. The molecular formula is C21H26F2N2O3S2. The Morgan fingerprint density at radius 3 is 2.53 bits per heavy atom. The molecule has 0 radical (unpaired) electrons. The number of hydrogen-bond acceptors (Lipinski definition) is 4. The summed E-state index contributed by atoms with van der Waals surface area (Å²) in [5.74, 6) is -0.705. The smallest absolute Gasteiger partial charge is 0.232 e. The van der Waals surface area contributed by atoms with Gasteiger partial charge in [0.15, 0.2) is 11.6 Å². The van der Waals surface area contributed by atoms with Gasteiger partial charge < -0.3 is 5.32 Å². The van der Waals surface area contributed by atoms with Gasteiger partial charge in [-0.05, 0) is 36.6 Å². The molecule has 2 rings (SSSR count). The standard InChI is InChI=1S/C21H26F2N2O3S2/c1-16-6-3-4-7-17(16)15-29-13-11-24-21(26)8-5-12-25(30(2,27)28)18-9-10-19(22)20(23)14-18/h3-4,6-7,9-10,14H,5,8,11-13,15H2,1-2H3,(H,24,26). The molecule has 0 saturated carbocycles. The van der Waals surface area contributed by atoms with Gasteiger partial charge in [-0.25, -0.2) is 17.2 Å². The van der Waals surface area contributed by atoms with Crippen LogP contribution in [0.15, 0.2) is 42.5 Å². The lowest BCUT2D eigenvalue weighted by Crippen LogP contribution is -2.32. The number of carbonyl (C=O) groups excluding carboxylic acids is 1. The van der Waals surface area contributed by atoms with E-state index in [9.17, 15) is 22.0 Å². The highest BCUT2D eigenvalue weighted by molar-refractivity contribution is 7.98. The van der Waals surface area contributed by atoms with Gasteiger partial charge in [-0.2, -0.15) is 11.8 Å². The van der Waals surface area contributed by atoms with Gasteiger partial charge in [0.05, 0.1) is 11.9 Å². The van der Waals surface area contributed by atoms with Crippen molar-refractivity contribution in [1.82, 2.24) is 5.32 Å². The second kappa shape index (κ2) is 11.3. The zero-order valence-corrected chi connectivity index (χ0v) is 18.7. The van der Waals surface area contributed by atoms with Gasteiger partial charge in [0, 0.05) is 37.1 Å². The topological polar surface area (TPSA) is 66.5 Å². The molecule has 30 heavy (non-hydrogen) atoms. The number of amides is 1. The van der Waals surface area contributed by atoms with Crippen LogP contribution in [0, 0.1) is 18.6 Å². The van der Waals surface area contributed by atoms with Gasteiger partial charge in [-0.15, -0.1) is 0 Å². The van der Waals surface area contributed by atoms with Gasteiger partial charge in [-0.3, -0.25) is 9.10 Å². The Bertz CT molecular complexity index is 968. The molecule has 0 spiro atoms. The summed E-state index contributed by atoms with van der Waals surface area (Å²) in [6, 6.07) is 11.1. The fourth-order valence-corrected chi connectivity index (χ4v) is 4.71. The Balaban J connectivity index is 1.73. The van der Waals surface area contributed by atoms with Crippen molar-refractivity contribution in [1.29, 1.82) is 0 Å². The van der Waals surface area contributed by atoms with Crippen LogP contribution in [-0.2, 0) is 20.6 Å². The lowest BCUT2D eigenvalue weighted by molar-refractivity contribution is -0.121. The number of thioether (sulfide) groups is 1. The van der Waals surface area contributed by atoms with Crippen molar-refractivity contribution >= 4 is 33.4 Å².